The number of sulfonamides is 1. The molecular formula is C14H16ClNO2S2. The van der Waals surface area contributed by atoms with Crippen molar-refractivity contribution in [1.82, 2.24) is 0 Å². The molecule has 2 rings (SSSR count). The molecule has 0 bridgehead atoms. The molecule has 0 aliphatic carbocycles. The maximum absolute atomic E-state index is 12.4. The highest BCUT2D eigenvalue weighted by atomic mass is 35.5. The second-order valence-electron chi connectivity index (χ2n) is 4.30. The zero-order valence-electron chi connectivity index (χ0n) is 11.3. The van der Waals surface area contributed by atoms with Crippen molar-refractivity contribution in [2.24, 2.45) is 0 Å². The van der Waals surface area contributed by atoms with Gasteiger partial charge >= 0.3 is 0 Å². The Balaban J connectivity index is 2.50. The van der Waals surface area contributed by atoms with Crippen molar-refractivity contribution in [3.63, 3.8) is 0 Å². The minimum absolute atomic E-state index is 0.307. The first-order valence-electron chi connectivity index (χ1n) is 6.36. The number of hydrogen-bond acceptors (Lipinski definition) is 3. The number of nitrogens with one attached hydrogen (secondary N) is 1. The maximum Gasteiger partial charge on any atom is 0.271 e. The number of rotatable bonds is 5. The van der Waals surface area contributed by atoms with E-state index in [0.717, 1.165) is 17.5 Å². The third kappa shape index (κ3) is 3.00. The summed E-state index contributed by atoms with van der Waals surface area (Å²) in [4.78, 5) is 0. The Hall–Kier alpha value is -1.04. The number of anilines is 1. The van der Waals surface area contributed by atoms with Gasteiger partial charge in [0.15, 0.2) is 0 Å². The third-order valence-electron chi connectivity index (χ3n) is 3.07. The van der Waals surface area contributed by atoms with Crippen LogP contribution in [0.2, 0.25) is 5.02 Å². The molecule has 0 spiro atoms. The Kier molecular flexibility index (Phi) is 4.73. The lowest BCUT2D eigenvalue weighted by molar-refractivity contribution is 0.603. The van der Waals surface area contributed by atoms with Crippen LogP contribution in [0.25, 0.3) is 0 Å². The third-order valence-corrected chi connectivity index (χ3v) is 6.17. The number of benzene rings is 1. The van der Waals surface area contributed by atoms with Gasteiger partial charge in [0.1, 0.15) is 4.21 Å². The standard InChI is InChI=1S/C14H16ClNO2S2/c1-3-10-7-8-12(15)11(4-2)14(10)16-20(17,18)13-6-5-9-19-13/h5-9,16H,3-4H2,1-2H3. The van der Waals surface area contributed by atoms with E-state index >= 15 is 0 Å². The van der Waals surface area contributed by atoms with Gasteiger partial charge in [-0.25, -0.2) is 8.42 Å². The van der Waals surface area contributed by atoms with Crippen LogP contribution in [0.1, 0.15) is 25.0 Å². The Bertz CT molecular complexity index is 694. The van der Waals surface area contributed by atoms with Gasteiger partial charge in [0.2, 0.25) is 0 Å². The summed E-state index contributed by atoms with van der Waals surface area (Å²) in [5.41, 5.74) is 2.41. The summed E-state index contributed by atoms with van der Waals surface area (Å²) in [6.45, 7) is 3.95. The SMILES string of the molecule is CCc1ccc(Cl)c(CC)c1NS(=O)(=O)c1cccs1. The Morgan fingerprint density at radius 2 is 1.95 bits per heavy atom. The molecule has 0 aliphatic heterocycles. The molecule has 6 heteroatoms. The number of thiophene rings is 1. The molecule has 2 aromatic rings. The minimum atomic E-state index is -3.54. The highest BCUT2D eigenvalue weighted by Crippen LogP contribution is 2.31. The van der Waals surface area contributed by atoms with Crippen molar-refractivity contribution >= 4 is 38.6 Å². The Morgan fingerprint density at radius 1 is 1.20 bits per heavy atom. The van der Waals surface area contributed by atoms with Crippen LogP contribution in [0.5, 0.6) is 0 Å². The van der Waals surface area contributed by atoms with Gasteiger partial charge in [0, 0.05) is 5.02 Å². The van der Waals surface area contributed by atoms with Crippen molar-refractivity contribution < 1.29 is 8.42 Å². The van der Waals surface area contributed by atoms with Gasteiger partial charge in [-0.05, 0) is 41.5 Å². The van der Waals surface area contributed by atoms with Gasteiger partial charge in [-0.1, -0.05) is 37.6 Å². The predicted molar refractivity (Wildman–Crippen MR) is 85.3 cm³/mol. The second-order valence-corrected chi connectivity index (χ2v) is 7.57. The zero-order chi connectivity index (χ0) is 14.8. The molecule has 0 aliphatic rings. The van der Waals surface area contributed by atoms with Crippen LogP contribution in [-0.4, -0.2) is 8.42 Å². The van der Waals surface area contributed by atoms with Gasteiger partial charge in [0.25, 0.3) is 10.0 Å². The van der Waals surface area contributed by atoms with Crippen molar-refractivity contribution in [3.05, 3.63) is 45.8 Å². The van der Waals surface area contributed by atoms with E-state index < -0.39 is 10.0 Å². The van der Waals surface area contributed by atoms with Crippen molar-refractivity contribution in [2.45, 2.75) is 30.9 Å². The molecule has 0 saturated carbocycles. The van der Waals surface area contributed by atoms with Gasteiger partial charge in [-0.2, -0.15) is 0 Å². The van der Waals surface area contributed by atoms with E-state index in [4.69, 9.17) is 11.6 Å². The largest absolute Gasteiger partial charge is 0.278 e. The summed E-state index contributed by atoms with van der Waals surface area (Å²) in [6.07, 6.45) is 1.42. The average molecular weight is 330 g/mol. The van der Waals surface area contributed by atoms with E-state index in [1.165, 1.54) is 11.3 Å². The smallest absolute Gasteiger partial charge is 0.271 e. The molecule has 0 amide bonds. The lowest BCUT2D eigenvalue weighted by Gasteiger charge is -2.16. The molecule has 3 nitrogen and oxygen atoms in total. The van der Waals surface area contributed by atoms with Crippen LogP contribution < -0.4 is 4.72 Å². The maximum atomic E-state index is 12.4. The highest BCUT2D eigenvalue weighted by molar-refractivity contribution is 7.94. The summed E-state index contributed by atoms with van der Waals surface area (Å²) in [7, 11) is -3.54. The number of hydrogen-bond donors (Lipinski definition) is 1. The Morgan fingerprint density at radius 3 is 2.50 bits per heavy atom. The highest BCUT2D eigenvalue weighted by Gasteiger charge is 2.19. The van der Waals surface area contributed by atoms with Crippen molar-refractivity contribution in [2.75, 3.05) is 4.72 Å². The first-order chi connectivity index (χ1) is 9.49. The fourth-order valence-electron chi connectivity index (χ4n) is 2.04. The molecule has 0 radical (unpaired) electrons. The predicted octanol–water partition coefficient (Wildman–Crippen LogP) is 4.33. The zero-order valence-corrected chi connectivity index (χ0v) is 13.7. The lowest BCUT2D eigenvalue weighted by Crippen LogP contribution is -2.14. The van der Waals surface area contributed by atoms with E-state index in [1.807, 2.05) is 26.0 Å². The number of halogens is 1. The van der Waals surface area contributed by atoms with Crippen LogP contribution in [0.3, 0.4) is 0 Å². The first-order valence-corrected chi connectivity index (χ1v) is 9.10. The van der Waals surface area contributed by atoms with E-state index in [-0.39, 0.29) is 0 Å². The molecular weight excluding hydrogens is 314 g/mol. The fraction of sp³-hybridized carbons (Fsp3) is 0.286. The normalized spacial score (nSPS) is 11.6. The summed E-state index contributed by atoms with van der Waals surface area (Å²) in [5, 5.41) is 2.34. The van der Waals surface area contributed by atoms with Crippen LogP contribution in [0.15, 0.2) is 33.9 Å². The van der Waals surface area contributed by atoms with E-state index in [1.54, 1.807) is 17.5 Å². The molecule has 0 saturated heterocycles. The molecule has 108 valence electrons. The monoisotopic (exact) mass is 329 g/mol. The van der Waals surface area contributed by atoms with Gasteiger partial charge in [-0.15, -0.1) is 11.3 Å². The summed E-state index contributed by atoms with van der Waals surface area (Å²) < 4.78 is 27.7. The van der Waals surface area contributed by atoms with Gasteiger partial charge in [-0.3, -0.25) is 4.72 Å². The molecule has 1 aromatic heterocycles. The minimum Gasteiger partial charge on any atom is -0.278 e. The van der Waals surface area contributed by atoms with Gasteiger partial charge < -0.3 is 0 Å². The second kappa shape index (κ2) is 6.16. The molecule has 0 unspecified atom stereocenters. The molecule has 1 N–H and O–H groups in total. The van der Waals surface area contributed by atoms with E-state index in [2.05, 4.69) is 4.72 Å². The fourth-order valence-corrected chi connectivity index (χ4v) is 4.46. The van der Waals surface area contributed by atoms with E-state index in [9.17, 15) is 8.42 Å². The Labute approximate surface area is 128 Å². The average Bonchev–Trinajstić information content (AvgIpc) is 2.94. The van der Waals surface area contributed by atoms with E-state index in [0.29, 0.717) is 21.3 Å². The molecule has 1 aromatic carbocycles. The van der Waals surface area contributed by atoms with Crippen molar-refractivity contribution in [3.8, 4) is 0 Å². The van der Waals surface area contributed by atoms with Gasteiger partial charge in [0.05, 0.1) is 5.69 Å². The lowest BCUT2D eigenvalue weighted by atomic mass is 10.0. The summed E-state index contributed by atoms with van der Waals surface area (Å²) >= 11 is 7.38. The summed E-state index contributed by atoms with van der Waals surface area (Å²) in [5.74, 6) is 0. The quantitative estimate of drug-likeness (QED) is 0.887. The molecule has 1 heterocycles. The van der Waals surface area contributed by atoms with Crippen LogP contribution >= 0.6 is 22.9 Å². The summed E-state index contributed by atoms with van der Waals surface area (Å²) in [6, 6.07) is 7.00. The first kappa shape index (κ1) is 15.4. The molecule has 20 heavy (non-hydrogen) atoms. The van der Waals surface area contributed by atoms with Crippen LogP contribution in [-0.2, 0) is 22.9 Å². The number of aryl methyl sites for hydroxylation is 1. The van der Waals surface area contributed by atoms with Crippen molar-refractivity contribution in [1.29, 1.82) is 0 Å². The van der Waals surface area contributed by atoms with Crippen LogP contribution in [0.4, 0.5) is 5.69 Å². The topological polar surface area (TPSA) is 46.2 Å². The molecule has 0 atom stereocenters. The molecule has 0 fully saturated rings. The van der Waals surface area contributed by atoms with Crippen LogP contribution in [0, 0.1) is 0 Å².